The van der Waals surface area contributed by atoms with Crippen molar-refractivity contribution in [3.05, 3.63) is 41.6 Å². The number of anilines is 1. The molecule has 4 amide bonds. The minimum Gasteiger partial charge on any atom is -0.444 e. The van der Waals surface area contributed by atoms with Crippen molar-refractivity contribution in [1.82, 2.24) is 15.1 Å². The molecule has 1 unspecified atom stereocenters. The normalized spacial score (nSPS) is 21.4. The van der Waals surface area contributed by atoms with E-state index in [1.165, 1.54) is 0 Å². The van der Waals surface area contributed by atoms with Gasteiger partial charge in [0.1, 0.15) is 11.6 Å². The molecule has 2 saturated heterocycles. The molecule has 3 heterocycles. The van der Waals surface area contributed by atoms with Gasteiger partial charge >= 0.3 is 6.09 Å². The number of hydrogen-bond donors (Lipinski definition) is 2. The number of fused-ring (bicyclic) bond motifs is 1. The summed E-state index contributed by atoms with van der Waals surface area (Å²) in [5, 5.41) is 6.00. The molecule has 34 heavy (non-hydrogen) atoms. The average molecular weight is 469 g/mol. The van der Waals surface area contributed by atoms with Crippen LogP contribution in [0.4, 0.5) is 10.5 Å². The van der Waals surface area contributed by atoms with Gasteiger partial charge < -0.3 is 20.3 Å². The number of carbonyl (C=O) groups excluding carboxylic acids is 4. The highest BCUT2D eigenvalue weighted by Gasteiger charge is 2.44. The van der Waals surface area contributed by atoms with Crippen molar-refractivity contribution >= 4 is 29.5 Å². The first kappa shape index (κ1) is 23.8. The van der Waals surface area contributed by atoms with Crippen LogP contribution in [0.15, 0.2) is 30.5 Å². The molecule has 0 aromatic heterocycles. The maximum Gasteiger partial charge on any atom is 0.410 e. The lowest BCUT2D eigenvalue weighted by molar-refractivity contribution is -0.125. The zero-order valence-electron chi connectivity index (χ0n) is 20.0. The Morgan fingerprint density at radius 3 is 2.44 bits per heavy atom. The number of nitrogens with zero attached hydrogens (tertiary/aromatic N) is 2. The maximum absolute atomic E-state index is 13.0. The van der Waals surface area contributed by atoms with Crippen LogP contribution in [-0.2, 0) is 9.53 Å². The maximum atomic E-state index is 13.0. The Kier molecular flexibility index (Phi) is 6.38. The van der Waals surface area contributed by atoms with Crippen LogP contribution in [0, 0.1) is 5.92 Å². The van der Waals surface area contributed by atoms with Gasteiger partial charge in [-0.25, -0.2) is 4.79 Å². The zero-order chi connectivity index (χ0) is 24.6. The predicted octanol–water partition coefficient (Wildman–Crippen LogP) is 3.13. The summed E-state index contributed by atoms with van der Waals surface area (Å²) >= 11 is 0. The van der Waals surface area contributed by atoms with Crippen molar-refractivity contribution < 1.29 is 23.9 Å². The van der Waals surface area contributed by atoms with Gasteiger partial charge in [0.05, 0.1) is 11.1 Å². The van der Waals surface area contributed by atoms with Crippen LogP contribution in [0.2, 0.25) is 0 Å². The SMILES string of the molecule is C=C1CCC(N2C(=O)c3ccc(NCC4CCN(C(=O)OC(C)(C)C)CC4)cc3C2=O)C(=O)N1. The molecule has 1 aromatic rings. The van der Waals surface area contributed by atoms with Crippen molar-refractivity contribution in [2.45, 2.75) is 58.1 Å². The van der Waals surface area contributed by atoms with E-state index in [9.17, 15) is 19.2 Å². The lowest BCUT2D eigenvalue weighted by Crippen LogP contribution is -2.51. The summed E-state index contributed by atoms with van der Waals surface area (Å²) in [5.74, 6) is -0.877. The molecule has 4 rings (SSSR count). The minimum atomic E-state index is -0.815. The molecule has 0 aliphatic carbocycles. The molecule has 0 bridgehead atoms. The van der Waals surface area contributed by atoms with E-state index in [2.05, 4.69) is 17.2 Å². The van der Waals surface area contributed by atoms with Gasteiger partial charge in [0, 0.05) is 31.0 Å². The Bertz CT molecular complexity index is 1040. The zero-order valence-corrected chi connectivity index (χ0v) is 20.0. The number of piperidine rings is 2. The third-order valence-electron chi connectivity index (χ3n) is 6.41. The number of amides is 4. The molecular formula is C25H32N4O5. The molecule has 0 spiro atoms. The Hall–Kier alpha value is -3.36. The Labute approximate surface area is 199 Å². The van der Waals surface area contributed by atoms with Gasteiger partial charge in [0.25, 0.3) is 11.8 Å². The first-order chi connectivity index (χ1) is 16.0. The molecule has 0 saturated carbocycles. The number of carbonyl (C=O) groups is 4. The largest absolute Gasteiger partial charge is 0.444 e. The van der Waals surface area contributed by atoms with Gasteiger partial charge in [-0.2, -0.15) is 0 Å². The molecule has 9 heteroatoms. The number of imide groups is 1. The molecule has 3 aliphatic heterocycles. The lowest BCUT2D eigenvalue weighted by Gasteiger charge is -2.33. The summed E-state index contributed by atoms with van der Waals surface area (Å²) in [7, 11) is 0. The quantitative estimate of drug-likeness (QED) is 0.658. The van der Waals surface area contributed by atoms with Crippen molar-refractivity contribution in [2.75, 3.05) is 25.0 Å². The second-order valence-electron chi connectivity index (χ2n) is 10.2. The highest BCUT2D eigenvalue weighted by molar-refractivity contribution is 6.23. The van der Waals surface area contributed by atoms with E-state index >= 15 is 0 Å². The number of benzene rings is 1. The number of allylic oxidation sites excluding steroid dienone is 1. The van der Waals surface area contributed by atoms with Gasteiger partial charge in [-0.15, -0.1) is 0 Å². The fourth-order valence-corrected chi connectivity index (χ4v) is 4.57. The second-order valence-corrected chi connectivity index (χ2v) is 10.2. The van der Waals surface area contributed by atoms with Crippen LogP contribution >= 0.6 is 0 Å². The first-order valence-electron chi connectivity index (χ1n) is 11.8. The number of likely N-dealkylation sites (tertiary alicyclic amines) is 1. The number of hydrogen-bond acceptors (Lipinski definition) is 6. The number of nitrogens with one attached hydrogen (secondary N) is 2. The number of rotatable bonds is 4. The van der Waals surface area contributed by atoms with E-state index in [-0.39, 0.29) is 12.0 Å². The summed E-state index contributed by atoms with van der Waals surface area (Å²) in [5.41, 5.74) is 1.47. The topological polar surface area (TPSA) is 108 Å². The molecule has 1 atom stereocenters. The van der Waals surface area contributed by atoms with Crippen LogP contribution in [0.1, 0.15) is 67.2 Å². The standard InChI is InChI=1S/C25H32N4O5/c1-15-5-8-20(21(30)27-15)29-22(31)18-7-6-17(13-19(18)23(29)32)26-14-16-9-11-28(12-10-16)24(33)34-25(2,3)4/h6-7,13,16,20,26H,1,5,8-12,14H2,2-4H3,(H,27,30). The molecule has 2 fully saturated rings. The smallest absolute Gasteiger partial charge is 0.410 e. The van der Waals surface area contributed by atoms with Crippen molar-refractivity contribution in [3.63, 3.8) is 0 Å². The lowest BCUT2D eigenvalue weighted by atomic mass is 9.97. The highest BCUT2D eigenvalue weighted by Crippen LogP contribution is 2.30. The fraction of sp³-hybridized carbons (Fsp3) is 0.520. The molecule has 9 nitrogen and oxygen atoms in total. The van der Waals surface area contributed by atoms with Gasteiger partial charge in [0.2, 0.25) is 5.91 Å². The Balaban J connectivity index is 1.34. The second kappa shape index (κ2) is 9.12. The fourth-order valence-electron chi connectivity index (χ4n) is 4.57. The van der Waals surface area contributed by atoms with Crippen LogP contribution in [0.25, 0.3) is 0 Å². The third-order valence-corrected chi connectivity index (χ3v) is 6.41. The molecule has 182 valence electrons. The summed E-state index contributed by atoms with van der Waals surface area (Å²) in [6.45, 7) is 11.3. The van der Waals surface area contributed by atoms with Gasteiger partial charge in [-0.05, 0) is 70.6 Å². The highest BCUT2D eigenvalue weighted by atomic mass is 16.6. The Morgan fingerprint density at radius 2 is 1.79 bits per heavy atom. The van der Waals surface area contributed by atoms with E-state index in [0.29, 0.717) is 55.2 Å². The van der Waals surface area contributed by atoms with Crippen molar-refractivity contribution in [2.24, 2.45) is 5.92 Å². The van der Waals surface area contributed by atoms with E-state index in [4.69, 9.17) is 4.74 Å². The summed E-state index contributed by atoms with van der Waals surface area (Å²) < 4.78 is 5.45. The summed E-state index contributed by atoms with van der Waals surface area (Å²) in [6, 6.07) is 4.30. The molecular weight excluding hydrogens is 436 g/mol. The van der Waals surface area contributed by atoms with Crippen molar-refractivity contribution in [1.29, 1.82) is 0 Å². The van der Waals surface area contributed by atoms with E-state index in [0.717, 1.165) is 23.4 Å². The molecule has 1 aromatic carbocycles. The summed E-state index contributed by atoms with van der Waals surface area (Å²) in [4.78, 5) is 53.3. The monoisotopic (exact) mass is 468 g/mol. The molecule has 2 N–H and O–H groups in total. The van der Waals surface area contributed by atoms with Gasteiger partial charge in [-0.1, -0.05) is 6.58 Å². The van der Waals surface area contributed by atoms with Gasteiger partial charge in [-0.3, -0.25) is 19.3 Å². The first-order valence-corrected chi connectivity index (χ1v) is 11.8. The Morgan fingerprint density at radius 1 is 1.12 bits per heavy atom. The summed E-state index contributed by atoms with van der Waals surface area (Å²) in [6.07, 6.45) is 2.34. The van der Waals surface area contributed by atoms with E-state index in [1.807, 2.05) is 20.8 Å². The molecule has 0 radical (unpaired) electrons. The molecule has 3 aliphatic rings. The van der Waals surface area contributed by atoms with Crippen LogP contribution in [0.5, 0.6) is 0 Å². The third kappa shape index (κ3) is 4.93. The van der Waals surface area contributed by atoms with E-state index in [1.54, 1.807) is 23.1 Å². The minimum absolute atomic E-state index is 0.277. The van der Waals surface area contributed by atoms with E-state index < -0.39 is 23.5 Å². The van der Waals surface area contributed by atoms with Gasteiger partial charge in [0.15, 0.2) is 0 Å². The van der Waals surface area contributed by atoms with Crippen LogP contribution < -0.4 is 10.6 Å². The van der Waals surface area contributed by atoms with Crippen LogP contribution in [-0.4, -0.2) is 64.9 Å². The average Bonchev–Trinajstić information content (AvgIpc) is 3.01. The predicted molar refractivity (Wildman–Crippen MR) is 126 cm³/mol. The van der Waals surface area contributed by atoms with Crippen molar-refractivity contribution in [3.8, 4) is 0 Å². The van der Waals surface area contributed by atoms with Crippen LogP contribution in [0.3, 0.4) is 0 Å². The number of ether oxygens (including phenoxy) is 1.